The average molecular weight is 883 g/mol. The largest absolute Gasteiger partial charge is 0.391 e. The van der Waals surface area contributed by atoms with Crippen LogP contribution < -0.4 is 65.5 Å². The zero-order chi connectivity index (χ0) is 47.7. The van der Waals surface area contributed by atoms with Crippen LogP contribution in [0.3, 0.4) is 0 Å². The molecule has 0 aromatic carbocycles. The molecule has 62 heavy (non-hydrogen) atoms. The Morgan fingerprint density at radius 3 is 1.34 bits per heavy atom. The molecule has 0 aromatic heterocycles. The van der Waals surface area contributed by atoms with Crippen LogP contribution in [0.25, 0.3) is 0 Å². The van der Waals surface area contributed by atoms with Crippen molar-refractivity contribution in [2.45, 2.75) is 143 Å². The van der Waals surface area contributed by atoms with Crippen LogP contribution in [-0.4, -0.2) is 133 Å². The molecule has 0 fully saturated rings. The number of aliphatic hydroxyl groups excluding tert-OH is 1. The van der Waals surface area contributed by atoms with Gasteiger partial charge in [-0.3, -0.25) is 48.3 Å². The molecule has 23 nitrogen and oxygen atoms in total. The SMILES string of the molecule is CCNC(=O)[C@H](CCCN=C(N)N)NC(=O)[C@@H](NC(=O)[C@H](CCCN=C(N)N)NC(=O)[C@@H](NC(=O)[C@H](NC(=O)[C@@H](NC(=O)CNC(C)=O)C(C)C)[C@@H](C)CC)[C@@H](C)O)[C@@H](C)CC. The molecule has 0 saturated carbocycles. The Bertz CT molecular complexity index is 1550. The molecule has 0 radical (unpaired) electrons. The normalized spacial score (nSPS) is 15.3. The van der Waals surface area contributed by atoms with Crippen molar-refractivity contribution in [3.63, 3.8) is 0 Å². The first-order chi connectivity index (χ1) is 29.0. The molecule has 8 amide bonds. The predicted molar refractivity (Wildman–Crippen MR) is 234 cm³/mol. The molecule has 0 unspecified atom stereocenters. The van der Waals surface area contributed by atoms with Gasteiger partial charge in [0, 0.05) is 26.6 Å². The highest BCUT2D eigenvalue weighted by atomic mass is 16.3. The van der Waals surface area contributed by atoms with Crippen molar-refractivity contribution in [2.75, 3.05) is 26.2 Å². The molecule has 0 aromatic rings. The van der Waals surface area contributed by atoms with Crippen molar-refractivity contribution in [3.8, 4) is 0 Å². The Balaban J connectivity index is 6.51. The fourth-order valence-corrected chi connectivity index (χ4v) is 5.88. The number of carbonyl (C=O) groups is 8. The third kappa shape index (κ3) is 21.7. The Morgan fingerprint density at radius 1 is 0.532 bits per heavy atom. The third-order valence-corrected chi connectivity index (χ3v) is 9.92. The van der Waals surface area contributed by atoms with E-state index in [1.165, 1.54) is 13.8 Å². The van der Waals surface area contributed by atoms with Gasteiger partial charge in [0.15, 0.2) is 11.9 Å². The maximum Gasteiger partial charge on any atom is 0.245 e. The quantitative estimate of drug-likeness (QED) is 0.0197. The lowest BCUT2D eigenvalue weighted by atomic mass is 9.95. The number of nitrogens with two attached hydrogens (primary N) is 4. The summed E-state index contributed by atoms with van der Waals surface area (Å²) in [4.78, 5) is 114. The van der Waals surface area contributed by atoms with Crippen molar-refractivity contribution < 1.29 is 43.5 Å². The number of nitrogens with zero attached hydrogens (tertiary/aromatic N) is 2. The highest BCUT2D eigenvalue weighted by Crippen LogP contribution is 2.13. The monoisotopic (exact) mass is 883 g/mol. The lowest BCUT2D eigenvalue weighted by Crippen LogP contribution is -2.63. The average Bonchev–Trinajstić information content (AvgIpc) is 3.19. The molecule has 0 saturated heterocycles. The zero-order valence-corrected chi connectivity index (χ0v) is 37.8. The highest BCUT2D eigenvalue weighted by molar-refractivity contribution is 5.97. The minimum atomic E-state index is -1.64. The lowest BCUT2D eigenvalue weighted by Gasteiger charge is -2.31. The molecule has 9 atom stereocenters. The Labute approximate surface area is 364 Å². The molecule has 23 heteroatoms. The number of likely N-dealkylation sites (N-methyl/N-ethyl adjacent to an activating group) is 1. The van der Waals surface area contributed by atoms with E-state index in [0.717, 1.165) is 0 Å². The van der Waals surface area contributed by atoms with E-state index in [0.29, 0.717) is 25.8 Å². The number of aliphatic imine (C=N–C) groups is 2. The first kappa shape index (κ1) is 56.3. The van der Waals surface area contributed by atoms with Crippen LogP contribution in [0.4, 0.5) is 0 Å². The van der Waals surface area contributed by atoms with Crippen LogP contribution in [-0.2, 0) is 38.4 Å². The molecular weight excluding hydrogens is 809 g/mol. The van der Waals surface area contributed by atoms with Crippen molar-refractivity contribution in [1.82, 2.24) is 42.5 Å². The van der Waals surface area contributed by atoms with Gasteiger partial charge >= 0.3 is 0 Å². The minimum Gasteiger partial charge on any atom is -0.391 e. The number of carbonyl (C=O) groups excluding carboxylic acids is 8. The topological polar surface area (TPSA) is 382 Å². The van der Waals surface area contributed by atoms with Gasteiger partial charge in [0.1, 0.15) is 36.3 Å². The van der Waals surface area contributed by atoms with E-state index in [1.54, 1.807) is 48.5 Å². The Kier molecular flexibility index (Phi) is 26.8. The van der Waals surface area contributed by atoms with E-state index >= 15 is 0 Å². The van der Waals surface area contributed by atoms with E-state index in [2.05, 4.69) is 52.5 Å². The summed E-state index contributed by atoms with van der Waals surface area (Å²) in [6, 6.07) is -7.47. The maximum atomic E-state index is 14.0. The molecule has 0 spiro atoms. The van der Waals surface area contributed by atoms with E-state index < -0.39 is 107 Å². The van der Waals surface area contributed by atoms with E-state index in [1.807, 2.05) is 0 Å². The van der Waals surface area contributed by atoms with Crippen molar-refractivity contribution in [3.05, 3.63) is 0 Å². The summed E-state index contributed by atoms with van der Waals surface area (Å²) in [5, 5.41) is 31.5. The van der Waals surface area contributed by atoms with Gasteiger partial charge in [-0.15, -0.1) is 0 Å². The van der Waals surface area contributed by atoms with Crippen LogP contribution in [0.2, 0.25) is 0 Å². The van der Waals surface area contributed by atoms with E-state index in [-0.39, 0.29) is 50.8 Å². The zero-order valence-electron chi connectivity index (χ0n) is 37.8. The van der Waals surface area contributed by atoms with Gasteiger partial charge in [-0.1, -0.05) is 54.4 Å². The number of guanidine groups is 2. The smallest absolute Gasteiger partial charge is 0.245 e. The van der Waals surface area contributed by atoms with Gasteiger partial charge in [-0.2, -0.15) is 0 Å². The first-order valence-electron chi connectivity index (χ1n) is 21.1. The fourth-order valence-electron chi connectivity index (χ4n) is 5.88. The van der Waals surface area contributed by atoms with Crippen molar-refractivity contribution in [1.29, 1.82) is 0 Å². The molecule has 0 aliphatic rings. The number of nitrogens with one attached hydrogen (secondary N) is 8. The number of hydrogen-bond acceptors (Lipinski definition) is 11. The molecule has 0 rings (SSSR count). The van der Waals surface area contributed by atoms with E-state index in [9.17, 15) is 43.5 Å². The number of rotatable bonds is 29. The first-order valence-corrected chi connectivity index (χ1v) is 21.1. The molecular formula is C39H74N14O9. The van der Waals surface area contributed by atoms with Gasteiger partial charge in [0.05, 0.1) is 12.6 Å². The van der Waals surface area contributed by atoms with Gasteiger partial charge in [0.25, 0.3) is 0 Å². The minimum absolute atomic E-state index is 0.0498. The third-order valence-electron chi connectivity index (χ3n) is 9.92. The standard InChI is InChI=1S/C39H74N14O9/c1-10-21(6)29(35(60)48-25(32(57)44-12-3)15-13-17-45-38(40)41)51-33(58)26(16-14-18-46-39(42)43)49-37(62)31(23(8)54)53-36(61)30(22(7)11-2)52-34(59)28(20(4)5)50-27(56)19-47-24(9)55/h20-23,25-26,28-31,54H,10-19H2,1-9H3,(H,44,57)(H,47,55)(H,48,60)(H,49,62)(H,50,56)(H,51,58)(H,52,59)(H,53,61)(H4,40,41,45)(H4,42,43,46)/t21-,22-,23+,25-,26-,28-,29-,30+,31-/m0/s1. The Hall–Kier alpha value is -5.74. The summed E-state index contributed by atoms with van der Waals surface area (Å²) < 4.78 is 0. The van der Waals surface area contributed by atoms with Gasteiger partial charge < -0.3 is 70.6 Å². The summed E-state index contributed by atoms with van der Waals surface area (Å²) in [5.74, 6) is -7.15. The molecule has 0 aliphatic carbocycles. The van der Waals surface area contributed by atoms with E-state index in [4.69, 9.17) is 22.9 Å². The highest BCUT2D eigenvalue weighted by Gasteiger charge is 2.37. The number of hydrogen-bond donors (Lipinski definition) is 13. The van der Waals surface area contributed by atoms with Gasteiger partial charge in [-0.25, -0.2) is 0 Å². The Morgan fingerprint density at radius 2 is 0.935 bits per heavy atom. The second-order valence-corrected chi connectivity index (χ2v) is 15.6. The second kappa shape index (κ2) is 29.5. The van der Waals surface area contributed by atoms with Crippen molar-refractivity contribution >= 4 is 59.2 Å². The summed E-state index contributed by atoms with van der Waals surface area (Å²) in [7, 11) is 0. The number of aliphatic hydroxyl groups is 1. The number of amides is 8. The molecule has 17 N–H and O–H groups in total. The molecule has 0 heterocycles. The summed E-state index contributed by atoms with van der Waals surface area (Å²) in [6.45, 7) is 14.8. The van der Waals surface area contributed by atoms with Gasteiger partial charge in [-0.05, 0) is 57.3 Å². The molecule has 0 aliphatic heterocycles. The van der Waals surface area contributed by atoms with Crippen LogP contribution in [0.15, 0.2) is 9.98 Å². The maximum absolute atomic E-state index is 14.0. The molecule has 0 bridgehead atoms. The molecule has 354 valence electrons. The lowest BCUT2D eigenvalue weighted by molar-refractivity contribution is -0.138. The summed E-state index contributed by atoms with van der Waals surface area (Å²) >= 11 is 0. The van der Waals surface area contributed by atoms with Crippen LogP contribution in [0, 0.1) is 17.8 Å². The van der Waals surface area contributed by atoms with Gasteiger partial charge in [0.2, 0.25) is 47.3 Å². The van der Waals surface area contributed by atoms with Crippen LogP contribution in [0.1, 0.15) is 101 Å². The second-order valence-electron chi connectivity index (χ2n) is 15.6. The van der Waals surface area contributed by atoms with Crippen molar-refractivity contribution in [2.24, 2.45) is 50.7 Å². The fraction of sp³-hybridized carbons (Fsp3) is 0.744. The predicted octanol–water partition coefficient (Wildman–Crippen LogP) is -3.60. The van der Waals surface area contributed by atoms with Crippen LogP contribution >= 0.6 is 0 Å². The summed E-state index contributed by atoms with van der Waals surface area (Å²) in [5.41, 5.74) is 21.8. The summed E-state index contributed by atoms with van der Waals surface area (Å²) in [6.07, 6.45) is -0.0119. The van der Waals surface area contributed by atoms with Crippen LogP contribution in [0.5, 0.6) is 0 Å².